The van der Waals surface area contributed by atoms with E-state index in [0.717, 1.165) is 21.8 Å². The molecule has 0 saturated carbocycles. The van der Waals surface area contributed by atoms with Gasteiger partial charge in [-0.05, 0) is 36.4 Å². The normalized spacial score (nSPS) is 11.8. The molecular weight excluding hydrogens is 320 g/mol. The quantitative estimate of drug-likeness (QED) is 0.754. The molecule has 0 aliphatic heterocycles. The van der Waals surface area contributed by atoms with Gasteiger partial charge in [0.1, 0.15) is 17.6 Å². The maximum absolute atomic E-state index is 12.4. The zero-order chi connectivity index (χ0) is 17.5. The van der Waals surface area contributed by atoms with Crippen molar-refractivity contribution in [3.8, 4) is 17.2 Å². The number of aryl methyl sites for hydroxylation is 1. The number of nitrogens with one attached hydrogen (secondary N) is 2. The standard InChI is InChI=1S/C18H22N4OS/c1-12(2)11-15(17(23)20-10-9-19)21-18-16(13(3)22-24-18)14-7-5-4-6-8-14/h4-8,12,15,21H,10-11H2,1-3H3,(H,20,23)/t15-/m0/s1. The highest BCUT2D eigenvalue weighted by Crippen LogP contribution is 2.35. The summed E-state index contributed by atoms with van der Waals surface area (Å²) in [6.45, 7) is 6.13. The molecule has 5 nitrogen and oxygen atoms in total. The number of nitrogens with zero attached hydrogens (tertiary/aromatic N) is 2. The highest BCUT2D eigenvalue weighted by molar-refractivity contribution is 7.11. The van der Waals surface area contributed by atoms with Crippen molar-refractivity contribution in [2.75, 3.05) is 11.9 Å². The summed E-state index contributed by atoms with van der Waals surface area (Å²) in [5, 5.41) is 15.5. The van der Waals surface area contributed by atoms with Crippen LogP contribution in [0.3, 0.4) is 0 Å². The Morgan fingerprint density at radius 1 is 1.33 bits per heavy atom. The molecule has 0 unspecified atom stereocenters. The molecule has 0 fully saturated rings. The lowest BCUT2D eigenvalue weighted by atomic mass is 10.0. The second-order valence-electron chi connectivity index (χ2n) is 6.04. The van der Waals surface area contributed by atoms with Crippen LogP contribution in [0.25, 0.3) is 11.1 Å². The number of amides is 1. The SMILES string of the molecule is Cc1nsc(N[C@@H](CC(C)C)C(=O)NCC#N)c1-c1ccccc1. The van der Waals surface area contributed by atoms with Crippen LogP contribution in [-0.4, -0.2) is 22.9 Å². The van der Waals surface area contributed by atoms with Crippen LogP contribution in [0.2, 0.25) is 0 Å². The molecule has 1 amide bonds. The lowest BCUT2D eigenvalue weighted by Crippen LogP contribution is -2.40. The Hall–Kier alpha value is -2.39. The first kappa shape index (κ1) is 18.0. The maximum atomic E-state index is 12.4. The Morgan fingerprint density at radius 3 is 2.67 bits per heavy atom. The van der Waals surface area contributed by atoms with Crippen molar-refractivity contribution in [1.82, 2.24) is 9.69 Å². The minimum atomic E-state index is -0.388. The van der Waals surface area contributed by atoms with Crippen molar-refractivity contribution in [3.05, 3.63) is 36.0 Å². The molecule has 24 heavy (non-hydrogen) atoms. The molecule has 6 heteroatoms. The molecule has 0 bridgehead atoms. The molecule has 2 rings (SSSR count). The molecule has 1 heterocycles. The fourth-order valence-corrected chi connectivity index (χ4v) is 3.40. The average Bonchev–Trinajstić information content (AvgIpc) is 2.93. The second-order valence-corrected chi connectivity index (χ2v) is 6.81. The second kappa shape index (κ2) is 8.46. The summed E-state index contributed by atoms with van der Waals surface area (Å²) in [4.78, 5) is 12.4. The molecule has 2 aromatic rings. The van der Waals surface area contributed by atoms with Crippen LogP contribution >= 0.6 is 11.5 Å². The van der Waals surface area contributed by atoms with Gasteiger partial charge in [0.2, 0.25) is 5.91 Å². The Balaban J connectivity index is 2.27. The molecule has 0 saturated heterocycles. The Kier molecular flexibility index (Phi) is 6.33. The molecule has 2 N–H and O–H groups in total. The largest absolute Gasteiger partial charge is 0.364 e. The molecule has 126 valence electrons. The van der Waals surface area contributed by atoms with Crippen molar-refractivity contribution in [3.63, 3.8) is 0 Å². The van der Waals surface area contributed by atoms with Gasteiger partial charge >= 0.3 is 0 Å². The van der Waals surface area contributed by atoms with E-state index in [9.17, 15) is 4.79 Å². The van der Waals surface area contributed by atoms with Gasteiger partial charge in [-0.25, -0.2) is 0 Å². The summed E-state index contributed by atoms with van der Waals surface area (Å²) in [5.41, 5.74) is 3.05. The summed E-state index contributed by atoms with van der Waals surface area (Å²) in [6.07, 6.45) is 0.683. The van der Waals surface area contributed by atoms with Gasteiger partial charge in [-0.3, -0.25) is 4.79 Å². The first-order chi connectivity index (χ1) is 11.5. The van der Waals surface area contributed by atoms with Gasteiger partial charge in [0.15, 0.2) is 0 Å². The topological polar surface area (TPSA) is 77.8 Å². The maximum Gasteiger partial charge on any atom is 0.243 e. The van der Waals surface area contributed by atoms with Crippen molar-refractivity contribution in [1.29, 1.82) is 5.26 Å². The minimum Gasteiger partial charge on any atom is -0.364 e. The molecule has 1 atom stereocenters. The molecule has 0 spiro atoms. The van der Waals surface area contributed by atoms with E-state index in [-0.39, 0.29) is 18.5 Å². The highest BCUT2D eigenvalue weighted by Gasteiger charge is 2.22. The molecule has 1 aromatic heterocycles. The first-order valence-corrected chi connectivity index (χ1v) is 8.73. The number of anilines is 1. The van der Waals surface area contributed by atoms with Crippen molar-refractivity contribution < 1.29 is 4.79 Å². The van der Waals surface area contributed by atoms with Crippen LogP contribution in [-0.2, 0) is 4.79 Å². The van der Waals surface area contributed by atoms with Gasteiger partial charge in [-0.1, -0.05) is 44.2 Å². The number of hydrogen-bond donors (Lipinski definition) is 2. The minimum absolute atomic E-state index is 0.0162. The van der Waals surface area contributed by atoms with E-state index in [1.165, 1.54) is 11.5 Å². The van der Waals surface area contributed by atoms with Gasteiger partial charge in [-0.2, -0.15) is 9.64 Å². The van der Waals surface area contributed by atoms with Gasteiger partial charge in [-0.15, -0.1) is 0 Å². The fraction of sp³-hybridized carbons (Fsp3) is 0.389. The van der Waals surface area contributed by atoms with Gasteiger partial charge in [0, 0.05) is 5.56 Å². The number of aromatic nitrogens is 1. The van der Waals surface area contributed by atoms with E-state index >= 15 is 0 Å². The number of rotatable bonds is 7. The van der Waals surface area contributed by atoms with Gasteiger partial charge in [0.05, 0.1) is 11.8 Å². The average molecular weight is 342 g/mol. The predicted molar refractivity (Wildman–Crippen MR) is 97.8 cm³/mol. The third-order valence-electron chi connectivity index (χ3n) is 3.60. The molecule has 0 radical (unpaired) electrons. The lowest BCUT2D eigenvalue weighted by Gasteiger charge is -2.20. The van der Waals surface area contributed by atoms with Crippen LogP contribution in [0.15, 0.2) is 30.3 Å². The van der Waals surface area contributed by atoms with Crippen LogP contribution in [0.5, 0.6) is 0 Å². The lowest BCUT2D eigenvalue weighted by molar-refractivity contribution is -0.121. The van der Waals surface area contributed by atoms with Crippen LogP contribution in [0, 0.1) is 24.2 Å². The van der Waals surface area contributed by atoms with Crippen LogP contribution < -0.4 is 10.6 Å². The monoisotopic (exact) mass is 342 g/mol. The van der Waals surface area contributed by atoms with Crippen molar-refractivity contribution >= 4 is 22.4 Å². The molecular formula is C18H22N4OS. The molecule has 0 aliphatic rings. The fourth-order valence-electron chi connectivity index (χ4n) is 2.52. The summed E-state index contributed by atoms with van der Waals surface area (Å²) < 4.78 is 4.44. The van der Waals surface area contributed by atoms with Crippen LogP contribution in [0.4, 0.5) is 5.00 Å². The van der Waals surface area contributed by atoms with Crippen molar-refractivity contribution in [2.24, 2.45) is 5.92 Å². The third kappa shape index (κ3) is 4.56. The van der Waals surface area contributed by atoms with E-state index < -0.39 is 0 Å². The predicted octanol–water partition coefficient (Wildman–Crippen LogP) is 3.58. The number of carbonyl (C=O) groups excluding carboxylic acids is 1. The first-order valence-electron chi connectivity index (χ1n) is 7.95. The highest BCUT2D eigenvalue weighted by atomic mass is 32.1. The Morgan fingerprint density at radius 2 is 2.04 bits per heavy atom. The smallest absolute Gasteiger partial charge is 0.243 e. The molecule has 0 aliphatic carbocycles. The van der Waals surface area contributed by atoms with E-state index in [2.05, 4.69) is 28.9 Å². The van der Waals surface area contributed by atoms with E-state index in [0.29, 0.717) is 12.3 Å². The third-order valence-corrected chi connectivity index (χ3v) is 4.47. The summed E-state index contributed by atoms with van der Waals surface area (Å²) in [7, 11) is 0. The molecule has 1 aromatic carbocycles. The summed E-state index contributed by atoms with van der Waals surface area (Å²) in [5.74, 6) is 0.194. The Labute approximate surface area is 146 Å². The van der Waals surface area contributed by atoms with Crippen LogP contribution in [0.1, 0.15) is 26.0 Å². The number of benzene rings is 1. The summed E-state index contributed by atoms with van der Waals surface area (Å²) in [6, 6.07) is 11.6. The number of carbonyl (C=O) groups is 1. The van der Waals surface area contributed by atoms with E-state index in [1.807, 2.05) is 43.3 Å². The summed E-state index contributed by atoms with van der Waals surface area (Å²) >= 11 is 1.36. The zero-order valence-corrected chi connectivity index (χ0v) is 15.0. The van der Waals surface area contributed by atoms with E-state index in [1.54, 1.807) is 0 Å². The number of nitriles is 1. The van der Waals surface area contributed by atoms with Gasteiger partial charge < -0.3 is 10.6 Å². The Bertz CT molecular complexity index is 718. The number of hydrogen-bond acceptors (Lipinski definition) is 5. The van der Waals surface area contributed by atoms with Crippen molar-refractivity contribution in [2.45, 2.75) is 33.2 Å². The van der Waals surface area contributed by atoms with E-state index in [4.69, 9.17) is 5.26 Å². The van der Waals surface area contributed by atoms with Gasteiger partial charge in [0.25, 0.3) is 0 Å². The zero-order valence-electron chi connectivity index (χ0n) is 14.2.